The van der Waals surface area contributed by atoms with E-state index in [-0.39, 0.29) is 17.9 Å². The van der Waals surface area contributed by atoms with Gasteiger partial charge < -0.3 is 10.2 Å². The smallest absolute Gasteiger partial charge is 0.256 e. The van der Waals surface area contributed by atoms with Gasteiger partial charge in [-0.05, 0) is 37.8 Å². The van der Waals surface area contributed by atoms with Crippen LogP contribution in [-0.2, 0) is 4.79 Å². The van der Waals surface area contributed by atoms with Crippen molar-refractivity contribution in [2.45, 2.75) is 37.8 Å². The summed E-state index contributed by atoms with van der Waals surface area (Å²) >= 11 is 0. The zero-order valence-corrected chi connectivity index (χ0v) is 11.0. The Balaban J connectivity index is 1.72. The fourth-order valence-corrected chi connectivity index (χ4v) is 2.48. The van der Waals surface area contributed by atoms with Crippen LogP contribution in [0.2, 0.25) is 0 Å². The first kappa shape index (κ1) is 13.0. The van der Waals surface area contributed by atoms with Crippen molar-refractivity contribution in [2.75, 3.05) is 6.54 Å². The molecule has 2 amide bonds. The number of nitrogens with one attached hydrogen (secondary N) is 1. The van der Waals surface area contributed by atoms with Crippen molar-refractivity contribution >= 4 is 11.8 Å². The Morgan fingerprint density at radius 2 is 2.10 bits per heavy atom. The molecule has 2 heterocycles. The summed E-state index contributed by atoms with van der Waals surface area (Å²) in [5.74, 6) is -0.953. The van der Waals surface area contributed by atoms with E-state index in [0.717, 1.165) is 25.3 Å². The molecule has 1 saturated heterocycles. The monoisotopic (exact) mass is 277 g/mol. The van der Waals surface area contributed by atoms with Gasteiger partial charge in [-0.25, -0.2) is 4.98 Å². The van der Waals surface area contributed by atoms with Crippen LogP contribution in [0.4, 0.5) is 4.39 Å². The molecule has 20 heavy (non-hydrogen) atoms. The van der Waals surface area contributed by atoms with Crippen LogP contribution in [0, 0.1) is 5.95 Å². The first-order chi connectivity index (χ1) is 9.65. The first-order valence-corrected chi connectivity index (χ1v) is 6.88. The summed E-state index contributed by atoms with van der Waals surface area (Å²) in [6.07, 6.45) is 4.75. The Morgan fingerprint density at radius 1 is 1.30 bits per heavy atom. The summed E-state index contributed by atoms with van der Waals surface area (Å²) in [7, 11) is 0. The largest absolute Gasteiger partial charge is 0.352 e. The molecule has 1 N–H and O–H groups in total. The molecule has 1 atom stereocenters. The van der Waals surface area contributed by atoms with Gasteiger partial charge in [-0.3, -0.25) is 9.59 Å². The number of aromatic nitrogens is 1. The number of halogens is 1. The molecule has 0 spiro atoms. The molecule has 3 rings (SSSR count). The molecule has 1 aromatic heterocycles. The van der Waals surface area contributed by atoms with Crippen molar-refractivity contribution in [3.63, 3.8) is 0 Å². The molecule has 0 bridgehead atoms. The quantitative estimate of drug-likeness (QED) is 0.842. The molecule has 1 unspecified atom stereocenters. The van der Waals surface area contributed by atoms with Gasteiger partial charge in [0.25, 0.3) is 5.91 Å². The van der Waals surface area contributed by atoms with Crippen LogP contribution < -0.4 is 5.32 Å². The predicted molar refractivity (Wildman–Crippen MR) is 69.4 cm³/mol. The molecular formula is C14H16FN3O2. The van der Waals surface area contributed by atoms with E-state index < -0.39 is 12.0 Å². The minimum absolute atomic E-state index is 0.0755. The van der Waals surface area contributed by atoms with E-state index in [1.807, 2.05) is 0 Å². The van der Waals surface area contributed by atoms with Crippen molar-refractivity contribution in [3.05, 3.63) is 29.8 Å². The molecule has 1 aliphatic carbocycles. The predicted octanol–water partition coefficient (Wildman–Crippen LogP) is 1.10. The normalized spacial score (nSPS) is 21.9. The van der Waals surface area contributed by atoms with Crippen LogP contribution in [0.5, 0.6) is 0 Å². The lowest BCUT2D eigenvalue weighted by atomic mass is 10.2. The van der Waals surface area contributed by atoms with Crippen molar-refractivity contribution in [1.29, 1.82) is 0 Å². The van der Waals surface area contributed by atoms with Gasteiger partial charge in [-0.15, -0.1) is 0 Å². The van der Waals surface area contributed by atoms with Crippen LogP contribution >= 0.6 is 0 Å². The van der Waals surface area contributed by atoms with E-state index in [1.165, 1.54) is 12.3 Å². The van der Waals surface area contributed by atoms with Crippen molar-refractivity contribution in [2.24, 2.45) is 0 Å². The Kier molecular flexibility index (Phi) is 3.38. The summed E-state index contributed by atoms with van der Waals surface area (Å²) in [5, 5.41) is 2.93. The molecule has 1 saturated carbocycles. The summed E-state index contributed by atoms with van der Waals surface area (Å²) < 4.78 is 12.8. The lowest BCUT2D eigenvalue weighted by Crippen LogP contribution is -2.46. The zero-order valence-electron chi connectivity index (χ0n) is 11.0. The van der Waals surface area contributed by atoms with Crippen molar-refractivity contribution < 1.29 is 14.0 Å². The number of hydrogen-bond acceptors (Lipinski definition) is 3. The maximum absolute atomic E-state index is 12.8. The fraction of sp³-hybridized carbons (Fsp3) is 0.500. The summed E-state index contributed by atoms with van der Waals surface area (Å²) in [5.41, 5.74) is 0.317. The number of amides is 2. The van der Waals surface area contributed by atoms with Gasteiger partial charge in [0.15, 0.2) is 0 Å². The van der Waals surface area contributed by atoms with Gasteiger partial charge in [0.05, 0.1) is 5.56 Å². The number of nitrogens with zero attached hydrogens (tertiary/aromatic N) is 2. The average molecular weight is 277 g/mol. The van der Waals surface area contributed by atoms with Crippen LogP contribution in [0.25, 0.3) is 0 Å². The van der Waals surface area contributed by atoms with E-state index in [9.17, 15) is 14.0 Å². The third kappa shape index (κ3) is 2.64. The molecule has 0 aromatic carbocycles. The molecule has 106 valence electrons. The standard InChI is InChI=1S/C14H16FN3O2/c15-12-6-3-9(8-16-12)14(20)18-7-1-2-11(18)13(19)17-10-4-5-10/h3,6,8,10-11H,1-2,4-5,7H2,(H,17,19). The average Bonchev–Trinajstić information content (AvgIpc) is 3.11. The third-order valence-corrected chi connectivity index (χ3v) is 3.71. The van der Waals surface area contributed by atoms with Gasteiger partial charge in [0.1, 0.15) is 6.04 Å². The lowest BCUT2D eigenvalue weighted by molar-refractivity contribution is -0.125. The number of likely N-dealkylation sites (tertiary alicyclic amines) is 1. The van der Waals surface area contributed by atoms with Gasteiger partial charge in [-0.1, -0.05) is 0 Å². The first-order valence-electron chi connectivity index (χ1n) is 6.88. The Labute approximate surface area is 116 Å². The maximum atomic E-state index is 12.8. The number of carbonyl (C=O) groups is 2. The highest BCUT2D eigenvalue weighted by Crippen LogP contribution is 2.23. The van der Waals surface area contributed by atoms with E-state index in [4.69, 9.17) is 0 Å². The summed E-state index contributed by atoms with van der Waals surface area (Å²) in [6, 6.07) is 2.43. The van der Waals surface area contributed by atoms with E-state index in [1.54, 1.807) is 4.90 Å². The van der Waals surface area contributed by atoms with Crippen molar-refractivity contribution in [1.82, 2.24) is 15.2 Å². The van der Waals surface area contributed by atoms with E-state index in [2.05, 4.69) is 10.3 Å². The van der Waals surface area contributed by atoms with Crippen LogP contribution in [0.1, 0.15) is 36.0 Å². The molecule has 1 aliphatic heterocycles. The Morgan fingerprint density at radius 3 is 2.75 bits per heavy atom. The fourth-order valence-electron chi connectivity index (χ4n) is 2.48. The number of rotatable bonds is 3. The highest BCUT2D eigenvalue weighted by Gasteiger charge is 2.36. The second-order valence-electron chi connectivity index (χ2n) is 5.31. The molecule has 5 nitrogen and oxygen atoms in total. The molecule has 6 heteroatoms. The molecule has 0 radical (unpaired) electrons. The van der Waals surface area contributed by atoms with Crippen molar-refractivity contribution in [3.8, 4) is 0 Å². The second kappa shape index (κ2) is 5.19. The number of carbonyl (C=O) groups excluding carboxylic acids is 2. The zero-order chi connectivity index (χ0) is 14.1. The maximum Gasteiger partial charge on any atom is 0.256 e. The van der Waals surface area contributed by atoms with Gasteiger partial charge in [0, 0.05) is 18.8 Å². The SMILES string of the molecule is O=C(NC1CC1)C1CCCN1C(=O)c1ccc(F)nc1. The summed E-state index contributed by atoms with van der Waals surface area (Å²) in [4.78, 5) is 29.5. The molecular weight excluding hydrogens is 261 g/mol. The van der Waals surface area contributed by atoms with Gasteiger partial charge in [-0.2, -0.15) is 4.39 Å². The number of hydrogen-bond donors (Lipinski definition) is 1. The van der Waals surface area contributed by atoms with E-state index in [0.29, 0.717) is 18.5 Å². The third-order valence-electron chi connectivity index (χ3n) is 3.71. The topological polar surface area (TPSA) is 62.3 Å². The highest BCUT2D eigenvalue weighted by molar-refractivity contribution is 5.97. The van der Waals surface area contributed by atoms with Crippen LogP contribution in [-0.4, -0.2) is 40.3 Å². The Bertz CT molecular complexity index is 528. The highest BCUT2D eigenvalue weighted by atomic mass is 19.1. The van der Waals surface area contributed by atoms with Gasteiger partial charge in [0.2, 0.25) is 11.9 Å². The Hall–Kier alpha value is -1.98. The minimum atomic E-state index is -0.619. The molecule has 2 fully saturated rings. The molecule has 2 aliphatic rings. The van der Waals surface area contributed by atoms with Crippen LogP contribution in [0.3, 0.4) is 0 Å². The molecule has 1 aromatic rings. The minimum Gasteiger partial charge on any atom is -0.352 e. The van der Waals surface area contributed by atoms with Gasteiger partial charge >= 0.3 is 0 Å². The summed E-state index contributed by atoms with van der Waals surface area (Å²) in [6.45, 7) is 0.555. The lowest BCUT2D eigenvalue weighted by Gasteiger charge is -2.23. The van der Waals surface area contributed by atoms with Crippen LogP contribution in [0.15, 0.2) is 18.3 Å². The van der Waals surface area contributed by atoms with E-state index >= 15 is 0 Å². The number of pyridine rings is 1. The second-order valence-corrected chi connectivity index (χ2v) is 5.31.